The molecule has 0 aromatic heterocycles. The third-order valence-electron chi connectivity index (χ3n) is 0. The number of hydrogen-bond acceptors (Lipinski definition) is 1. The van der Waals surface area contributed by atoms with Crippen LogP contribution in [0.3, 0.4) is 0 Å². The van der Waals surface area contributed by atoms with Crippen LogP contribution in [0.4, 0.5) is 0 Å². The van der Waals surface area contributed by atoms with Gasteiger partial charge in [0.05, 0.1) is 0 Å². The molecule has 0 aliphatic rings. The fraction of sp³-hybridized carbons (Fsp3) is 1.00. The van der Waals surface area contributed by atoms with Crippen molar-refractivity contribution in [3.63, 3.8) is 0 Å². The summed E-state index contributed by atoms with van der Waals surface area (Å²) < 4.78 is 0. The molecule has 2 N–H and O–H groups in total. The third-order valence-corrected chi connectivity index (χ3v) is 0. The molecule has 0 unspecified atom stereocenters. The molecule has 0 saturated carbocycles. The average molecular weight is 70.1 g/mol. The maximum absolute atomic E-state index is 5.11. The Bertz CT molecular complexity index is 17.7. The molecule has 0 heterocycles. The Hall–Kier alpha value is 0.129. The van der Waals surface area contributed by atoms with E-state index in [1.807, 2.05) is 13.8 Å². The monoisotopic (exact) mass is 70.1 g/mol. The van der Waals surface area contributed by atoms with E-state index in [-0.39, 0.29) is 13.0 Å². The molecule has 1 nitrogen and oxygen atoms in total. The third kappa shape index (κ3) is 1130. The van der Waals surface area contributed by atoms with Gasteiger partial charge in [-0.3, -0.25) is 0 Å². The molecular weight excluding hydrogens is 59.1 g/mol. The standard InChI is InChI=1S/C3H9N.Be.2H/c1-3(2)4;;;/h3H,4H2,1-2H3;;;/q;+2;2*-1. The second-order valence-electron chi connectivity index (χ2n) is 1.24. The maximum Gasteiger partial charge on any atom is 2.00 e. The van der Waals surface area contributed by atoms with Crippen LogP contribution in [0.15, 0.2) is 0 Å². The van der Waals surface area contributed by atoms with Gasteiger partial charge in [0.15, 0.2) is 0 Å². The first-order valence-corrected chi connectivity index (χ1v) is 1.49. The molecule has 0 rings (SSSR count). The summed E-state index contributed by atoms with van der Waals surface area (Å²) >= 11 is 0. The first-order valence-electron chi connectivity index (χ1n) is 1.49. The Morgan fingerprint density at radius 3 is 1.60 bits per heavy atom. The zero-order valence-corrected chi connectivity index (χ0v) is 3.86. The predicted octanol–water partition coefficient (Wildman–Crippen LogP) is 0.198. The Labute approximate surface area is 39.7 Å². The molecule has 0 aliphatic carbocycles. The zero-order valence-electron chi connectivity index (χ0n) is 5.86. The summed E-state index contributed by atoms with van der Waals surface area (Å²) in [5, 5.41) is 0. The van der Waals surface area contributed by atoms with Gasteiger partial charge in [0.2, 0.25) is 0 Å². The Morgan fingerprint density at radius 2 is 1.60 bits per heavy atom. The first kappa shape index (κ1) is 8.93. The molecule has 0 aromatic carbocycles. The quantitative estimate of drug-likeness (QED) is 0.405. The topological polar surface area (TPSA) is 26.0 Å². The largest absolute Gasteiger partial charge is 2.00 e. The van der Waals surface area contributed by atoms with Gasteiger partial charge in [-0.2, -0.15) is 0 Å². The van der Waals surface area contributed by atoms with Gasteiger partial charge < -0.3 is 8.59 Å². The molecule has 0 aromatic rings. The summed E-state index contributed by atoms with van der Waals surface area (Å²) in [4.78, 5) is 0. The molecule has 0 fully saturated rings. The predicted molar refractivity (Wildman–Crippen MR) is 27.3 cm³/mol. The summed E-state index contributed by atoms with van der Waals surface area (Å²) in [6.45, 7) is 3.89. The van der Waals surface area contributed by atoms with Crippen LogP contribution in [-0.4, -0.2) is 16.2 Å². The van der Waals surface area contributed by atoms with Crippen molar-refractivity contribution < 1.29 is 2.85 Å². The second kappa shape index (κ2) is 4.13. The van der Waals surface area contributed by atoms with E-state index in [4.69, 9.17) is 5.73 Å². The molecular formula is C3H11BeN. The van der Waals surface area contributed by atoms with Crippen LogP contribution in [0.5, 0.6) is 0 Å². The summed E-state index contributed by atoms with van der Waals surface area (Å²) in [5.74, 6) is 0. The van der Waals surface area contributed by atoms with Crippen LogP contribution in [0.1, 0.15) is 16.7 Å². The number of nitrogens with two attached hydrogens (primary N) is 1. The molecule has 5 heavy (non-hydrogen) atoms. The molecule has 0 bridgehead atoms. The van der Waals surface area contributed by atoms with Gasteiger partial charge in [0.1, 0.15) is 0 Å². The van der Waals surface area contributed by atoms with Crippen molar-refractivity contribution in [1.82, 2.24) is 0 Å². The Kier molecular flexibility index (Phi) is 7.38. The van der Waals surface area contributed by atoms with Crippen molar-refractivity contribution in [2.75, 3.05) is 0 Å². The maximum atomic E-state index is 5.11. The summed E-state index contributed by atoms with van der Waals surface area (Å²) in [7, 11) is 0. The van der Waals surface area contributed by atoms with Crippen molar-refractivity contribution in [2.24, 2.45) is 5.73 Å². The van der Waals surface area contributed by atoms with E-state index in [1.165, 1.54) is 0 Å². The molecule has 0 radical (unpaired) electrons. The molecule has 0 atom stereocenters. The van der Waals surface area contributed by atoms with Crippen LogP contribution in [0.25, 0.3) is 0 Å². The molecule has 0 aliphatic heterocycles. The zero-order chi connectivity index (χ0) is 3.58. The molecule has 0 saturated heterocycles. The SMILES string of the molecule is CC(C)N.[Be+2].[H-].[H-]. The molecule has 0 spiro atoms. The van der Waals surface area contributed by atoms with Crippen LogP contribution in [0, 0.1) is 0 Å². The van der Waals surface area contributed by atoms with E-state index in [0.29, 0.717) is 6.04 Å². The minimum Gasteiger partial charge on any atom is -1.00 e. The average Bonchev–Trinajstić information content (AvgIpc) is 0.811. The van der Waals surface area contributed by atoms with Gasteiger partial charge in [-0.1, -0.05) is 13.8 Å². The fourth-order valence-electron chi connectivity index (χ4n) is 0. The number of rotatable bonds is 0. The first-order chi connectivity index (χ1) is 1.73. The molecule has 30 valence electrons. The Morgan fingerprint density at radius 1 is 1.60 bits per heavy atom. The molecule has 0 amide bonds. The van der Waals surface area contributed by atoms with Crippen LogP contribution in [-0.2, 0) is 0 Å². The van der Waals surface area contributed by atoms with E-state index in [1.54, 1.807) is 0 Å². The second-order valence-corrected chi connectivity index (χ2v) is 1.24. The normalized spacial score (nSPS) is 7.20. The van der Waals surface area contributed by atoms with Gasteiger partial charge >= 0.3 is 10.1 Å². The molecule has 2 heteroatoms. The van der Waals surface area contributed by atoms with Crippen LogP contribution < -0.4 is 5.73 Å². The van der Waals surface area contributed by atoms with Crippen LogP contribution >= 0.6 is 0 Å². The van der Waals surface area contributed by atoms with E-state index in [0.717, 1.165) is 0 Å². The summed E-state index contributed by atoms with van der Waals surface area (Å²) in [6, 6.07) is 0.333. The van der Waals surface area contributed by atoms with E-state index in [2.05, 4.69) is 0 Å². The van der Waals surface area contributed by atoms with Crippen molar-refractivity contribution in [3.8, 4) is 0 Å². The minimum atomic E-state index is 0. The van der Waals surface area contributed by atoms with Gasteiger partial charge in [-0.15, -0.1) is 0 Å². The van der Waals surface area contributed by atoms with E-state index in [9.17, 15) is 0 Å². The summed E-state index contributed by atoms with van der Waals surface area (Å²) in [5.41, 5.74) is 5.11. The Balaban J connectivity index is -0.0000000150. The van der Waals surface area contributed by atoms with E-state index < -0.39 is 0 Å². The smallest absolute Gasteiger partial charge is 1.00 e. The van der Waals surface area contributed by atoms with Crippen molar-refractivity contribution >= 4 is 10.1 Å². The van der Waals surface area contributed by atoms with Crippen molar-refractivity contribution in [1.29, 1.82) is 0 Å². The van der Waals surface area contributed by atoms with Gasteiger partial charge in [-0.05, 0) is 6.04 Å². The summed E-state index contributed by atoms with van der Waals surface area (Å²) in [6.07, 6.45) is 0. The van der Waals surface area contributed by atoms with Gasteiger partial charge in [0.25, 0.3) is 0 Å². The van der Waals surface area contributed by atoms with E-state index >= 15 is 0 Å². The minimum absolute atomic E-state index is 0. The van der Waals surface area contributed by atoms with Crippen molar-refractivity contribution in [2.45, 2.75) is 19.9 Å². The van der Waals surface area contributed by atoms with Gasteiger partial charge in [0, 0.05) is 0 Å². The fourth-order valence-corrected chi connectivity index (χ4v) is 0. The van der Waals surface area contributed by atoms with Crippen molar-refractivity contribution in [3.05, 3.63) is 0 Å². The number of hydrogen-bond donors (Lipinski definition) is 1. The van der Waals surface area contributed by atoms with Crippen LogP contribution in [0.2, 0.25) is 0 Å². The van der Waals surface area contributed by atoms with Gasteiger partial charge in [-0.25, -0.2) is 0 Å².